The van der Waals surface area contributed by atoms with E-state index >= 15 is 0 Å². The fourth-order valence-corrected chi connectivity index (χ4v) is 4.13. The largest absolute Gasteiger partial charge is 0.161 e. The van der Waals surface area contributed by atoms with E-state index in [-0.39, 0.29) is 0 Å². The standard InChI is InChI=1S/C8H14S/c1-5-6-4-8(6,2)7(5)9-3/h5-7H,4H2,1-3H3. The Bertz CT molecular complexity index is 144. The van der Waals surface area contributed by atoms with Crippen LogP contribution in [0.1, 0.15) is 20.3 Å². The second-order valence-electron chi connectivity index (χ2n) is 3.83. The van der Waals surface area contributed by atoms with E-state index in [9.17, 15) is 0 Å². The Hall–Kier alpha value is 0.350. The fourth-order valence-electron chi connectivity index (χ4n) is 2.71. The van der Waals surface area contributed by atoms with Crippen molar-refractivity contribution in [3.05, 3.63) is 0 Å². The number of rotatable bonds is 1. The van der Waals surface area contributed by atoms with Gasteiger partial charge in [0.15, 0.2) is 0 Å². The smallest absolute Gasteiger partial charge is 0.0129 e. The van der Waals surface area contributed by atoms with Gasteiger partial charge in [-0.15, -0.1) is 0 Å². The van der Waals surface area contributed by atoms with Crippen LogP contribution in [0, 0.1) is 17.3 Å². The minimum Gasteiger partial charge on any atom is -0.161 e. The van der Waals surface area contributed by atoms with Gasteiger partial charge in [-0.1, -0.05) is 13.8 Å². The highest BCUT2D eigenvalue weighted by Gasteiger charge is 2.68. The van der Waals surface area contributed by atoms with Crippen molar-refractivity contribution in [2.75, 3.05) is 6.26 Å². The third-order valence-electron chi connectivity index (χ3n) is 3.36. The van der Waals surface area contributed by atoms with Crippen molar-refractivity contribution < 1.29 is 0 Å². The van der Waals surface area contributed by atoms with Gasteiger partial charge in [0.25, 0.3) is 0 Å². The Balaban J connectivity index is 2.08. The first kappa shape index (κ1) is 6.09. The molecule has 2 fully saturated rings. The summed E-state index contributed by atoms with van der Waals surface area (Å²) in [7, 11) is 0. The molecule has 1 heteroatoms. The first-order valence-electron chi connectivity index (χ1n) is 3.73. The van der Waals surface area contributed by atoms with Crippen molar-refractivity contribution in [2.24, 2.45) is 17.3 Å². The summed E-state index contributed by atoms with van der Waals surface area (Å²) in [5.41, 5.74) is 0.791. The van der Waals surface area contributed by atoms with E-state index in [0.717, 1.165) is 22.5 Å². The maximum absolute atomic E-state index is 2.44. The van der Waals surface area contributed by atoms with E-state index in [4.69, 9.17) is 0 Å². The van der Waals surface area contributed by atoms with Crippen molar-refractivity contribution in [3.8, 4) is 0 Å². The molecule has 4 atom stereocenters. The van der Waals surface area contributed by atoms with E-state index in [1.807, 2.05) is 0 Å². The molecule has 0 aliphatic heterocycles. The summed E-state index contributed by atoms with van der Waals surface area (Å²) in [4.78, 5) is 0. The van der Waals surface area contributed by atoms with Gasteiger partial charge in [-0.2, -0.15) is 11.8 Å². The van der Waals surface area contributed by atoms with E-state index in [0.29, 0.717) is 0 Å². The highest BCUT2D eigenvalue weighted by Crippen LogP contribution is 2.73. The molecule has 2 rings (SSSR count). The summed E-state index contributed by atoms with van der Waals surface area (Å²) in [6.45, 7) is 4.85. The highest BCUT2D eigenvalue weighted by molar-refractivity contribution is 7.99. The molecule has 0 heterocycles. The lowest BCUT2D eigenvalue weighted by Crippen LogP contribution is -2.37. The molecular weight excluding hydrogens is 128 g/mol. The number of hydrogen-bond acceptors (Lipinski definition) is 1. The third-order valence-corrected chi connectivity index (χ3v) is 4.84. The molecule has 0 spiro atoms. The Morgan fingerprint density at radius 1 is 1.56 bits per heavy atom. The molecule has 2 saturated carbocycles. The van der Waals surface area contributed by atoms with Crippen LogP contribution in [-0.2, 0) is 0 Å². The molecule has 9 heavy (non-hydrogen) atoms. The molecule has 52 valence electrons. The quantitative estimate of drug-likeness (QED) is 0.541. The van der Waals surface area contributed by atoms with Crippen LogP contribution in [0.4, 0.5) is 0 Å². The van der Waals surface area contributed by atoms with Crippen LogP contribution in [-0.4, -0.2) is 11.5 Å². The van der Waals surface area contributed by atoms with Gasteiger partial charge >= 0.3 is 0 Å². The molecule has 0 aromatic rings. The summed E-state index contributed by atoms with van der Waals surface area (Å²) in [6.07, 6.45) is 3.76. The van der Waals surface area contributed by atoms with E-state index in [1.165, 1.54) is 6.42 Å². The normalized spacial score (nSPS) is 62.3. The predicted molar refractivity (Wildman–Crippen MR) is 42.7 cm³/mol. The maximum atomic E-state index is 2.44. The lowest BCUT2D eigenvalue weighted by Gasteiger charge is -2.39. The fraction of sp³-hybridized carbons (Fsp3) is 1.00. The van der Waals surface area contributed by atoms with Crippen LogP contribution in [0.25, 0.3) is 0 Å². The molecule has 0 radical (unpaired) electrons. The lowest BCUT2D eigenvalue weighted by atomic mass is 9.77. The second kappa shape index (κ2) is 1.50. The van der Waals surface area contributed by atoms with Crippen LogP contribution in [0.15, 0.2) is 0 Å². The molecule has 2 aliphatic carbocycles. The van der Waals surface area contributed by atoms with Crippen LogP contribution in [0.5, 0.6) is 0 Å². The topological polar surface area (TPSA) is 0 Å². The number of hydrogen-bond donors (Lipinski definition) is 0. The Labute approximate surface area is 61.4 Å². The van der Waals surface area contributed by atoms with Crippen molar-refractivity contribution in [3.63, 3.8) is 0 Å². The average molecular weight is 142 g/mol. The number of fused-ring (bicyclic) bond motifs is 1. The van der Waals surface area contributed by atoms with Gasteiger partial charge in [0.05, 0.1) is 0 Å². The molecule has 0 saturated heterocycles. The Morgan fingerprint density at radius 2 is 2.22 bits per heavy atom. The van der Waals surface area contributed by atoms with Gasteiger partial charge in [0.2, 0.25) is 0 Å². The van der Waals surface area contributed by atoms with Crippen molar-refractivity contribution in [1.29, 1.82) is 0 Å². The molecule has 0 amide bonds. The van der Waals surface area contributed by atoms with Crippen LogP contribution < -0.4 is 0 Å². The Kier molecular flexibility index (Phi) is 1.01. The van der Waals surface area contributed by atoms with Gasteiger partial charge in [-0.05, 0) is 29.9 Å². The van der Waals surface area contributed by atoms with Crippen LogP contribution in [0.2, 0.25) is 0 Å². The number of thioether (sulfide) groups is 1. The minimum absolute atomic E-state index is 0.791. The first-order valence-corrected chi connectivity index (χ1v) is 5.02. The molecule has 0 N–H and O–H groups in total. The third kappa shape index (κ3) is 0.524. The van der Waals surface area contributed by atoms with Gasteiger partial charge in [0.1, 0.15) is 0 Å². The summed E-state index contributed by atoms with van der Waals surface area (Å²) in [6, 6.07) is 0. The average Bonchev–Trinajstić information content (AvgIpc) is 2.40. The van der Waals surface area contributed by atoms with Crippen LogP contribution >= 0.6 is 11.8 Å². The lowest BCUT2D eigenvalue weighted by molar-refractivity contribution is 0.233. The zero-order valence-corrected chi connectivity index (χ0v) is 7.16. The molecule has 0 aromatic carbocycles. The molecule has 0 aromatic heterocycles. The summed E-state index contributed by atoms with van der Waals surface area (Å²) in [5, 5.41) is 0.988. The monoisotopic (exact) mass is 142 g/mol. The van der Waals surface area contributed by atoms with Crippen molar-refractivity contribution in [1.82, 2.24) is 0 Å². The van der Waals surface area contributed by atoms with E-state index in [1.54, 1.807) is 0 Å². The summed E-state index contributed by atoms with van der Waals surface area (Å²) in [5.74, 6) is 2.12. The summed E-state index contributed by atoms with van der Waals surface area (Å²) < 4.78 is 0. The van der Waals surface area contributed by atoms with Crippen LogP contribution in [0.3, 0.4) is 0 Å². The highest BCUT2D eigenvalue weighted by atomic mass is 32.2. The predicted octanol–water partition coefficient (Wildman–Crippen LogP) is 2.39. The van der Waals surface area contributed by atoms with Crippen molar-refractivity contribution in [2.45, 2.75) is 25.5 Å². The molecular formula is C8H14S. The van der Waals surface area contributed by atoms with E-state index < -0.39 is 0 Å². The van der Waals surface area contributed by atoms with E-state index in [2.05, 4.69) is 31.9 Å². The van der Waals surface area contributed by atoms with Crippen molar-refractivity contribution >= 4 is 11.8 Å². The van der Waals surface area contributed by atoms with Gasteiger partial charge < -0.3 is 0 Å². The SMILES string of the molecule is CSC1C(C)C2CC21C. The second-order valence-corrected chi connectivity index (χ2v) is 4.81. The Morgan fingerprint density at radius 3 is 2.44 bits per heavy atom. The maximum Gasteiger partial charge on any atom is 0.0129 e. The molecule has 2 aliphatic rings. The first-order chi connectivity index (χ1) is 4.20. The molecule has 0 nitrogen and oxygen atoms in total. The zero-order valence-electron chi connectivity index (χ0n) is 6.35. The van der Waals surface area contributed by atoms with Gasteiger partial charge in [-0.25, -0.2) is 0 Å². The van der Waals surface area contributed by atoms with Gasteiger partial charge in [-0.3, -0.25) is 0 Å². The molecule has 0 bridgehead atoms. The van der Waals surface area contributed by atoms with Gasteiger partial charge in [0, 0.05) is 5.25 Å². The minimum atomic E-state index is 0.791. The molecule has 4 unspecified atom stereocenters. The zero-order chi connectivity index (χ0) is 6.65. The summed E-state index contributed by atoms with van der Waals surface area (Å²) >= 11 is 2.07.